The van der Waals surface area contributed by atoms with E-state index in [1.807, 2.05) is 31.2 Å². The van der Waals surface area contributed by atoms with E-state index in [4.69, 9.17) is 19.2 Å². The summed E-state index contributed by atoms with van der Waals surface area (Å²) in [7, 11) is 1.68. The van der Waals surface area contributed by atoms with Gasteiger partial charge in [-0.25, -0.2) is 14.2 Å². The van der Waals surface area contributed by atoms with Gasteiger partial charge in [0.15, 0.2) is 6.10 Å². The van der Waals surface area contributed by atoms with Crippen molar-refractivity contribution in [3.8, 4) is 22.1 Å². The van der Waals surface area contributed by atoms with Crippen LogP contribution in [0, 0.1) is 12.7 Å². The van der Waals surface area contributed by atoms with Gasteiger partial charge in [-0.1, -0.05) is 0 Å². The summed E-state index contributed by atoms with van der Waals surface area (Å²) in [5.74, 6) is 1.67. The molecular formula is C34H38FN3O4S2. The third-order valence-corrected chi connectivity index (χ3v) is 9.84. The quantitative estimate of drug-likeness (QED) is 0.120. The molecule has 1 unspecified atom stereocenters. The van der Waals surface area contributed by atoms with Crippen molar-refractivity contribution in [1.82, 2.24) is 9.88 Å². The molecule has 0 N–H and O–H groups in total. The molecule has 0 bridgehead atoms. The lowest BCUT2D eigenvalue weighted by Gasteiger charge is -2.36. The van der Waals surface area contributed by atoms with E-state index in [1.54, 1.807) is 56.2 Å². The second-order valence-electron chi connectivity index (χ2n) is 10.6. The van der Waals surface area contributed by atoms with E-state index in [-0.39, 0.29) is 11.8 Å². The Balaban J connectivity index is 1.26. The van der Waals surface area contributed by atoms with Crippen molar-refractivity contribution >= 4 is 34.8 Å². The Morgan fingerprint density at radius 1 is 1.05 bits per heavy atom. The Labute approximate surface area is 267 Å². The molecule has 44 heavy (non-hydrogen) atoms. The molecule has 232 valence electrons. The standard InChI is InChI=1S/C34H38FN3O4S2/c1-5-41-34(39)24(3)42-31-15-14-29(20-23(31)2)43-22-32-30(36-33(44-32)25-6-8-26(35)9-7-25)21-37-16-18-38(19-17-37)27-10-12-28(40-4)13-11-27/h6-15,20,24H,5,16-19,21-22H2,1-4H3. The van der Waals surface area contributed by atoms with Crippen LogP contribution in [0.25, 0.3) is 10.6 Å². The van der Waals surface area contributed by atoms with Gasteiger partial charge in [0.25, 0.3) is 0 Å². The van der Waals surface area contributed by atoms with Crippen molar-refractivity contribution in [2.24, 2.45) is 0 Å². The number of ether oxygens (including phenoxy) is 3. The average Bonchev–Trinajstić information content (AvgIpc) is 3.44. The summed E-state index contributed by atoms with van der Waals surface area (Å²) in [6.45, 7) is 10.3. The van der Waals surface area contributed by atoms with Crippen molar-refractivity contribution in [3.05, 3.63) is 88.7 Å². The Morgan fingerprint density at radius 3 is 2.43 bits per heavy atom. The summed E-state index contributed by atoms with van der Waals surface area (Å²) >= 11 is 3.42. The third kappa shape index (κ3) is 8.11. The summed E-state index contributed by atoms with van der Waals surface area (Å²) in [5.41, 5.74) is 4.15. The number of thiazole rings is 1. The van der Waals surface area contributed by atoms with Crippen molar-refractivity contribution in [3.63, 3.8) is 0 Å². The third-order valence-electron chi connectivity index (χ3n) is 7.49. The second-order valence-corrected chi connectivity index (χ2v) is 12.7. The Kier molecular flexibility index (Phi) is 10.8. The molecule has 1 aromatic heterocycles. The highest BCUT2D eigenvalue weighted by Crippen LogP contribution is 2.35. The second kappa shape index (κ2) is 14.9. The number of hydrogen-bond donors (Lipinski definition) is 0. The summed E-state index contributed by atoms with van der Waals surface area (Å²) < 4.78 is 29.9. The van der Waals surface area contributed by atoms with Crippen LogP contribution in [0.2, 0.25) is 0 Å². The molecule has 5 rings (SSSR count). The van der Waals surface area contributed by atoms with Gasteiger partial charge < -0.3 is 19.1 Å². The van der Waals surface area contributed by atoms with Crippen LogP contribution in [0.5, 0.6) is 11.5 Å². The Hall–Kier alpha value is -3.60. The molecule has 1 atom stereocenters. The topological polar surface area (TPSA) is 64.1 Å². The zero-order valence-corrected chi connectivity index (χ0v) is 27.2. The van der Waals surface area contributed by atoms with E-state index in [9.17, 15) is 9.18 Å². The number of aromatic nitrogens is 1. The Bertz CT molecular complexity index is 1540. The molecule has 1 saturated heterocycles. The molecule has 1 aliphatic rings. The van der Waals surface area contributed by atoms with Gasteiger partial charge in [-0.2, -0.15) is 0 Å². The minimum Gasteiger partial charge on any atom is -0.497 e. The van der Waals surface area contributed by atoms with E-state index in [2.05, 4.69) is 28.0 Å². The molecule has 0 aliphatic carbocycles. The minimum atomic E-state index is -0.671. The highest BCUT2D eigenvalue weighted by Gasteiger charge is 2.22. The predicted octanol–water partition coefficient (Wildman–Crippen LogP) is 7.21. The average molecular weight is 636 g/mol. The van der Waals surface area contributed by atoms with Crippen LogP contribution in [0.4, 0.5) is 10.1 Å². The van der Waals surface area contributed by atoms with Crippen LogP contribution in [0.1, 0.15) is 30.0 Å². The maximum Gasteiger partial charge on any atom is 0.347 e. The number of hydrogen-bond acceptors (Lipinski definition) is 9. The number of rotatable bonds is 12. The molecular weight excluding hydrogens is 598 g/mol. The molecule has 10 heteroatoms. The number of thioether (sulfide) groups is 1. The zero-order chi connectivity index (χ0) is 31.1. The molecule has 1 aliphatic heterocycles. The van der Waals surface area contributed by atoms with E-state index in [1.165, 1.54) is 22.7 Å². The van der Waals surface area contributed by atoms with E-state index in [0.717, 1.165) is 71.0 Å². The summed E-state index contributed by atoms with van der Waals surface area (Å²) in [6, 6.07) is 20.8. The number of methoxy groups -OCH3 is 1. The molecule has 7 nitrogen and oxygen atoms in total. The number of esters is 1. The number of piperazine rings is 1. The first kappa shape index (κ1) is 31.8. The highest BCUT2D eigenvalue weighted by atomic mass is 32.2. The van der Waals surface area contributed by atoms with Crippen molar-refractivity contribution < 1.29 is 23.4 Å². The number of aryl methyl sites for hydroxylation is 1. The molecule has 0 amide bonds. The summed E-state index contributed by atoms with van der Waals surface area (Å²) in [4.78, 5) is 24.2. The predicted molar refractivity (Wildman–Crippen MR) is 175 cm³/mol. The van der Waals surface area contributed by atoms with Gasteiger partial charge in [0.2, 0.25) is 0 Å². The number of benzene rings is 3. The van der Waals surface area contributed by atoms with Crippen LogP contribution in [-0.4, -0.2) is 61.9 Å². The highest BCUT2D eigenvalue weighted by molar-refractivity contribution is 7.98. The first-order valence-corrected chi connectivity index (χ1v) is 16.6. The maximum absolute atomic E-state index is 13.6. The van der Waals surface area contributed by atoms with Gasteiger partial charge in [0.1, 0.15) is 22.3 Å². The molecule has 0 saturated carbocycles. The van der Waals surface area contributed by atoms with Gasteiger partial charge in [-0.3, -0.25) is 4.90 Å². The van der Waals surface area contributed by atoms with E-state index < -0.39 is 6.10 Å². The van der Waals surface area contributed by atoms with Crippen LogP contribution < -0.4 is 14.4 Å². The van der Waals surface area contributed by atoms with Gasteiger partial charge in [0, 0.05) is 59.5 Å². The van der Waals surface area contributed by atoms with Gasteiger partial charge >= 0.3 is 5.97 Å². The fourth-order valence-corrected chi connectivity index (χ4v) is 7.17. The number of carbonyl (C=O) groups excluding carboxylic acids is 1. The number of nitrogens with zero attached hydrogens (tertiary/aromatic N) is 3. The maximum atomic E-state index is 13.6. The fourth-order valence-electron chi connectivity index (χ4n) is 5.00. The number of carbonyl (C=O) groups is 1. The van der Waals surface area contributed by atoms with Crippen LogP contribution in [0.15, 0.2) is 71.6 Å². The van der Waals surface area contributed by atoms with Gasteiger partial charge in [-0.05, 0) is 93.1 Å². The molecule has 2 heterocycles. The number of halogens is 1. The lowest BCUT2D eigenvalue weighted by molar-refractivity contribution is -0.150. The summed E-state index contributed by atoms with van der Waals surface area (Å²) in [5, 5.41) is 0.903. The largest absolute Gasteiger partial charge is 0.497 e. The van der Waals surface area contributed by atoms with Gasteiger partial charge in [-0.15, -0.1) is 23.1 Å². The van der Waals surface area contributed by atoms with E-state index in [0.29, 0.717) is 12.4 Å². The first-order chi connectivity index (χ1) is 21.3. The normalized spacial score (nSPS) is 14.3. The van der Waals surface area contributed by atoms with Crippen LogP contribution in [-0.2, 0) is 21.8 Å². The fraction of sp³-hybridized carbons (Fsp3) is 0.353. The lowest BCUT2D eigenvalue weighted by atomic mass is 10.2. The Morgan fingerprint density at radius 2 is 1.77 bits per heavy atom. The molecule has 4 aromatic rings. The number of anilines is 1. The SMILES string of the molecule is CCOC(=O)C(C)Oc1ccc(SCc2sc(-c3ccc(F)cc3)nc2CN2CCN(c3ccc(OC)cc3)CC2)cc1C. The zero-order valence-electron chi connectivity index (χ0n) is 25.5. The smallest absolute Gasteiger partial charge is 0.347 e. The first-order valence-electron chi connectivity index (χ1n) is 14.8. The monoisotopic (exact) mass is 635 g/mol. The minimum absolute atomic E-state index is 0.254. The van der Waals surface area contributed by atoms with Crippen molar-refractivity contribution in [2.75, 3.05) is 44.8 Å². The molecule has 1 fully saturated rings. The van der Waals surface area contributed by atoms with Gasteiger partial charge in [0.05, 0.1) is 19.4 Å². The van der Waals surface area contributed by atoms with Crippen LogP contribution >= 0.6 is 23.1 Å². The molecule has 0 radical (unpaired) electrons. The molecule has 0 spiro atoms. The van der Waals surface area contributed by atoms with Crippen LogP contribution in [0.3, 0.4) is 0 Å². The summed E-state index contributed by atoms with van der Waals surface area (Å²) in [6.07, 6.45) is -0.671. The lowest BCUT2D eigenvalue weighted by Crippen LogP contribution is -2.46. The van der Waals surface area contributed by atoms with Crippen molar-refractivity contribution in [2.45, 2.75) is 44.1 Å². The van der Waals surface area contributed by atoms with E-state index >= 15 is 0 Å². The molecule has 3 aromatic carbocycles. The van der Waals surface area contributed by atoms with Crippen molar-refractivity contribution in [1.29, 1.82) is 0 Å².